The Morgan fingerprint density at radius 3 is 2.84 bits per heavy atom. The first-order valence-electron chi connectivity index (χ1n) is 6.65. The van der Waals surface area contributed by atoms with Crippen LogP contribution in [0, 0.1) is 17.1 Å². The quantitative estimate of drug-likeness (QED) is 0.907. The molecule has 0 aliphatic heterocycles. The van der Waals surface area contributed by atoms with Gasteiger partial charge in [-0.2, -0.15) is 5.26 Å². The summed E-state index contributed by atoms with van der Waals surface area (Å²) in [7, 11) is 0. The van der Waals surface area contributed by atoms with Crippen LogP contribution in [0.5, 0.6) is 5.75 Å². The first-order chi connectivity index (χ1) is 9.04. The second-order valence-corrected chi connectivity index (χ2v) is 5.41. The highest BCUT2D eigenvalue weighted by atomic mass is 19.1. The summed E-state index contributed by atoms with van der Waals surface area (Å²) in [6, 6.07) is 8.99. The number of halogens is 1. The Hall–Kier alpha value is -1.60. The molecule has 2 atom stereocenters. The molecule has 1 aromatic carbocycles. The minimum atomic E-state index is -0.538. The summed E-state index contributed by atoms with van der Waals surface area (Å²) in [6.07, 6.45) is 1.99. The van der Waals surface area contributed by atoms with Crippen molar-refractivity contribution in [1.29, 1.82) is 5.26 Å². The van der Waals surface area contributed by atoms with Gasteiger partial charge in [0.15, 0.2) is 11.6 Å². The van der Waals surface area contributed by atoms with Crippen molar-refractivity contribution in [2.24, 2.45) is 0 Å². The lowest BCUT2D eigenvalue weighted by Crippen LogP contribution is -2.46. The van der Waals surface area contributed by atoms with Crippen LogP contribution in [0.2, 0.25) is 0 Å². The molecule has 1 N–H and O–H groups in total. The fraction of sp³-hybridized carbons (Fsp3) is 0.533. The van der Waals surface area contributed by atoms with Gasteiger partial charge in [-0.25, -0.2) is 4.39 Å². The third kappa shape index (κ3) is 3.24. The maximum absolute atomic E-state index is 13.5. The summed E-state index contributed by atoms with van der Waals surface area (Å²) >= 11 is 0. The number of nitrogens with one attached hydrogen (secondary N) is 1. The molecule has 1 aliphatic rings. The van der Waals surface area contributed by atoms with Gasteiger partial charge in [0.1, 0.15) is 11.6 Å². The van der Waals surface area contributed by atoms with E-state index in [4.69, 9.17) is 4.74 Å². The van der Waals surface area contributed by atoms with Crippen molar-refractivity contribution in [3.63, 3.8) is 0 Å². The van der Waals surface area contributed by atoms with E-state index in [2.05, 4.69) is 11.4 Å². The fourth-order valence-corrected chi connectivity index (χ4v) is 2.64. The lowest BCUT2D eigenvalue weighted by molar-refractivity contribution is 0.191. The van der Waals surface area contributed by atoms with Crippen LogP contribution in [0.1, 0.15) is 33.1 Å². The average Bonchev–Trinajstić information content (AvgIpc) is 2.75. The zero-order chi connectivity index (χ0) is 13.9. The van der Waals surface area contributed by atoms with Gasteiger partial charge in [-0.05, 0) is 38.8 Å². The standard InChI is InChI=1S/C15H19FN2O/c1-11(2)18-15(10-17)8-7-12(9-15)19-14-6-4-3-5-13(14)16/h3-6,11-12,18H,7-9H2,1-2H3. The van der Waals surface area contributed by atoms with E-state index in [1.54, 1.807) is 18.2 Å². The highest BCUT2D eigenvalue weighted by molar-refractivity contribution is 5.24. The van der Waals surface area contributed by atoms with Gasteiger partial charge >= 0.3 is 0 Å². The van der Waals surface area contributed by atoms with Crippen molar-refractivity contribution in [2.75, 3.05) is 0 Å². The predicted octanol–water partition coefficient (Wildman–Crippen LogP) is 3.02. The summed E-state index contributed by atoms with van der Waals surface area (Å²) < 4.78 is 19.2. The average molecular weight is 262 g/mol. The van der Waals surface area contributed by atoms with E-state index in [1.165, 1.54) is 6.07 Å². The Kier molecular flexibility index (Phi) is 4.06. The van der Waals surface area contributed by atoms with Crippen LogP contribution in [-0.2, 0) is 0 Å². The fourth-order valence-electron chi connectivity index (χ4n) is 2.64. The smallest absolute Gasteiger partial charge is 0.165 e. The molecule has 0 aromatic heterocycles. The Morgan fingerprint density at radius 1 is 1.47 bits per heavy atom. The molecule has 0 saturated heterocycles. The van der Waals surface area contributed by atoms with Crippen LogP contribution in [-0.4, -0.2) is 17.7 Å². The van der Waals surface area contributed by atoms with Gasteiger partial charge < -0.3 is 4.74 Å². The molecule has 102 valence electrons. The van der Waals surface area contributed by atoms with Gasteiger partial charge in [-0.1, -0.05) is 12.1 Å². The maximum atomic E-state index is 13.5. The van der Waals surface area contributed by atoms with Crippen LogP contribution in [0.15, 0.2) is 24.3 Å². The van der Waals surface area contributed by atoms with E-state index in [9.17, 15) is 9.65 Å². The molecular weight excluding hydrogens is 243 g/mol. The number of hydrogen-bond acceptors (Lipinski definition) is 3. The van der Waals surface area contributed by atoms with Crippen molar-refractivity contribution in [2.45, 2.75) is 50.8 Å². The molecule has 4 heteroatoms. The molecule has 1 saturated carbocycles. The Morgan fingerprint density at radius 2 is 2.21 bits per heavy atom. The molecule has 2 rings (SSSR count). The number of benzene rings is 1. The minimum Gasteiger partial charge on any atom is -0.487 e. The third-order valence-electron chi connectivity index (χ3n) is 3.38. The highest BCUT2D eigenvalue weighted by Gasteiger charge is 2.41. The van der Waals surface area contributed by atoms with Crippen LogP contribution >= 0.6 is 0 Å². The summed E-state index contributed by atoms with van der Waals surface area (Å²) in [5.41, 5.74) is -0.538. The number of ether oxygens (including phenoxy) is 1. The van der Waals surface area contributed by atoms with E-state index in [1.807, 2.05) is 13.8 Å². The Bertz CT molecular complexity index is 483. The van der Waals surface area contributed by atoms with Crippen molar-refractivity contribution in [3.05, 3.63) is 30.1 Å². The molecule has 0 radical (unpaired) electrons. The first kappa shape index (κ1) is 13.8. The van der Waals surface area contributed by atoms with E-state index >= 15 is 0 Å². The highest BCUT2D eigenvalue weighted by Crippen LogP contribution is 2.33. The minimum absolute atomic E-state index is 0.109. The Labute approximate surface area is 113 Å². The van der Waals surface area contributed by atoms with E-state index in [0.717, 1.165) is 12.8 Å². The monoisotopic (exact) mass is 262 g/mol. The second kappa shape index (κ2) is 5.58. The van der Waals surface area contributed by atoms with Crippen LogP contribution in [0.3, 0.4) is 0 Å². The molecule has 0 amide bonds. The molecule has 3 nitrogen and oxygen atoms in total. The lowest BCUT2D eigenvalue weighted by atomic mass is 9.98. The van der Waals surface area contributed by atoms with Gasteiger partial charge in [-0.15, -0.1) is 0 Å². The number of rotatable bonds is 4. The van der Waals surface area contributed by atoms with Crippen LogP contribution < -0.4 is 10.1 Å². The zero-order valence-electron chi connectivity index (χ0n) is 11.3. The molecule has 0 spiro atoms. The summed E-state index contributed by atoms with van der Waals surface area (Å²) in [5.74, 6) is -0.0837. The predicted molar refractivity (Wildman–Crippen MR) is 71.3 cm³/mol. The lowest BCUT2D eigenvalue weighted by Gasteiger charge is -2.25. The largest absolute Gasteiger partial charge is 0.487 e. The summed E-state index contributed by atoms with van der Waals surface area (Å²) in [5, 5.41) is 12.7. The number of nitrogens with zero attached hydrogens (tertiary/aromatic N) is 1. The molecular formula is C15H19FN2O. The topological polar surface area (TPSA) is 45.0 Å². The van der Waals surface area contributed by atoms with Gasteiger partial charge in [0.2, 0.25) is 0 Å². The van der Waals surface area contributed by atoms with Crippen molar-refractivity contribution in [1.82, 2.24) is 5.32 Å². The molecule has 1 aliphatic carbocycles. The Balaban J connectivity index is 2.02. The van der Waals surface area contributed by atoms with Crippen LogP contribution in [0.25, 0.3) is 0 Å². The number of nitriles is 1. The first-order valence-corrected chi connectivity index (χ1v) is 6.65. The summed E-state index contributed by atoms with van der Waals surface area (Å²) in [6.45, 7) is 4.04. The molecule has 2 unspecified atom stereocenters. The molecule has 1 aromatic rings. The molecule has 0 bridgehead atoms. The van der Waals surface area contributed by atoms with Crippen molar-refractivity contribution >= 4 is 0 Å². The zero-order valence-corrected chi connectivity index (χ0v) is 11.3. The molecule has 0 heterocycles. The van der Waals surface area contributed by atoms with E-state index in [-0.39, 0.29) is 23.7 Å². The molecule has 1 fully saturated rings. The van der Waals surface area contributed by atoms with E-state index < -0.39 is 5.54 Å². The normalized spacial score (nSPS) is 26.4. The van der Waals surface area contributed by atoms with Crippen molar-refractivity contribution in [3.8, 4) is 11.8 Å². The molecule has 19 heavy (non-hydrogen) atoms. The SMILES string of the molecule is CC(C)NC1(C#N)CCC(Oc2ccccc2F)C1. The van der Waals surface area contributed by atoms with Gasteiger partial charge in [0, 0.05) is 12.5 Å². The number of hydrogen-bond donors (Lipinski definition) is 1. The second-order valence-electron chi connectivity index (χ2n) is 5.41. The van der Waals surface area contributed by atoms with Gasteiger partial charge in [0.25, 0.3) is 0 Å². The maximum Gasteiger partial charge on any atom is 0.165 e. The van der Waals surface area contributed by atoms with E-state index in [0.29, 0.717) is 6.42 Å². The third-order valence-corrected chi connectivity index (χ3v) is 3.38. The number of para-hydroxylation sites is 1. The van der Waals surface area contributed by atoms with Gasteiger partial charge in [-0.3, -0.25) is 5.32 Å². The van der Waals surface area contributed by atoms with Crippen molar-refractivity contribution < 1.29 is 9.13 Å². The van der Waals surface area contributed by atoms with Gasteiger partial charge in [0.05, 0.1) is 6.07 Å². The summed E-state index contributed by atoms with van der Waals surface area (Å²) in [4.78, 5) is 0. The van der Waals surface area contributed by atoms with Crippen LogP contribution in [0.4, 0.5) is 4.39 Å².